The molecule has 0 aliphatic rings. The van der Waals surface area contributed by atoms with Crippen LogP contribution in [0.1, 0.15) is 33.3 Å². The van der Waals surface area contributed by atoms with Crippen LogP contribution in [0.3, 0.4) is 0 Å². The molecule has 5 heteroatoms. The normalized spacial score (nSPS) is 12.0. The predicted molar refractivity (Wildman–Crippen MR) is 107 cm³/mol. The van der Waals surface area contributed by atoms with Crippen molar-refractivity contribution < 1.29 is 14.3 Å². The first-order valence-corrected chi connectivity index (χ1v) is 9.59. The van der Waals surface area contributed by atoms with Crippen LogP contribution < -0.4 is 0 Å². The van der Waals surface area contributed by atoms with Crippen LogP contribution in [0.25, 0.3) is 0 Å². The Morgan fingerprint density at radius 3 is 2.37 bits per heavy atom. The van der Waals surface area contributed by atoms with Gasteiger partial charge >= 0.3 is 0 Å². The number of aliphatic hydroxyl groups is 1. The number of carbonyl (C=O) groups is 1. The molecular weight excluding hydrogens is 358 g/mol. The van der Waals surface area contributed by atoms with Crippen LogP contribution in [-0.4, -0.2) is 29.5 Å². The van der Waals surface area contributed by atoms with Crippen LogP contribution in [0.2, 0.25) is 0 Å². The Hall–Kier alpha value is -2.50. The first kappa shape index (κ1) is 19.3. The van der Waals surface area contributed by atoms with Gasteiger partial charge in [0.1, 0.15) is 0 Å². The lowest BCUT2D eigenvalue weighted by atomic mass is 10.1. The van der Waals surface area contributed by atoms with Crippen LogP contribution in [-0.2, 0) is 0 Å². The molecule has 0 aliphatic carbocycles. The summed E-state index contributed by atoms with van der Waals surface area (Å²) in [6.07, 6.45) is -0.737. The molecule has 2 aromatic carbocycles. The topological polar surface area (TPSA) is 53.7 Å². The van der Waals surface area contributed by atoms with E-state index in [1.54, 1.807) is 13.1 Å². The number of amides is 1. The molecule has 1 heterocycles. The van der Waals surface area contributed by atoms with E-state index in [0.717, 1.165) is 10.5 Å². The van der Waals surface area contributed by atoms with Crippen molar-refractivity contribution in [1.29, 1.82) is 0 Å². The Bertz CT molecular complexity index is 900. The lowest BCUT2D eigenvalue weighted by molar-refractivity contribution is 0.0646. The van der Waals surface area contributed by atoms with Crippen LogP contribution in [0.4, 0.5) is 0 Å². The number of benzene rings is 2. The van der Waals surface area contributed by atoms with Crippen molar-refractivity contribution in [1.82, 2.24) is 4.90 Å². The zero-order valence-electron chi connectivity index (χ0n) is 15.7. The minimum Gasteiger partial charge on any atom is -0.444 e. The Morgan fingerprint density at radius 1 is 1.04 bits per heavy atom. The maximum Gasteiger partial charge on any atom is 0.289 e. The van der Waals surface area contributed by atoms with E-state index in [1.807, 2.05) is 42.5 Å². The fourth-order valence-corrected chi connectivity index (χ4v) is 3.79. The summed E-state index contributed by atoms with van der Waals surface area (Å²) in [4.78, 5) is 15.2. The van der Waals surface area contributed by atoms with Crippen molar-refractivity contribution in [2.45, 2.75) is 29.9 Å². The van der Waals surface area contributed by atoms with Crippen molar-refractivity contribution >= 4 is 17.7 Å². The minimum absolute atomic E-state index is 0.197. The van der Waals surface area contributed by atoms with Gasteiger partial charge in [0.2, 0.25) is 0 Å². The second-order valence-corrected chi connectivity index (χ2v) is 7.57. The van der Waals surface area contributed by atoms with Crippen molar-refractivity contribution in [3.63, 3.8) is 0 Å². The molecule has 1 atom stereocenters. The molecular formula is C22H23NO3S. The molecule has 1 aromatic heterocycles. The standard InChI is InChI=1S/C22H23NO3S/c1-15-8-7-9-16(2)21(15)27-20-13-12-19(26-20)22(25)23(3)14-18(24)17-10-5-4-6-11-17/h4-13,18,24H,14H2,1-3H3. The molecule has 1 unspecified atom stereocenters. The van der Waals surface area contributed by atoms with Gasteiger partial charge in [-0.25, -0.2) is 0 Å². The highest BCUT2D eigenvalue weighted by molar-refractivity contribution is 7.99. The van der Waals surface area contributed by atoms with Gasteiger partial charge in [0, 0.05) is 11.9 Å². The number of aryl methyl sites for hydroxylation is 2. The summed E-state index contributed by atoms with van der Waals surface area (Å²) >= 11 is 1.51. The molecule has 3 aromatic rings. The zero-order valence-corrected chi connectivity index (χ0v) is 16.5. The second kappa shape index (κ2) is 8.46. The minimum atomic E-state index is -0.737. The van der Waals surface area contributed by atoms with E-state index in [0.29, 0.717) is 5.09 Å². The first-order chi connectivity index (χ1) is 13.0. The van der Waals surface area contributed by atoms with Gasteiger partial charge in [0.05, 0.1) is 12.6 Å². The fourth-order valence-electron chi connectivity index (χ4n) is 2.86. The number of aliphatic hydroxyl groups excluding tert-OH is 1. The highest BCUT2D eigenvalue weighted by Crippen LogP contribution is 2.34. The Labute approximate surface area is 163 Å². The molecule has 140 valence electrons. The molecule has 0 saturated heterocycles. The summed E-state index contributed by atoms with van der Waals surface area (Å²) in [5, 5.41) is 11.0. The van der Waals surface area contributed by atoms with Gasteiger partial charge in [0.15, 0.2) is 10.9 Å². The third kappa shape index (κ3) is 4.62. The van der Waals surface area contributed by atoms with E-state index in [4.69, 9.17) is 4.42 Å². The molecule has 0 aliphatic heterocycles. The highest BCUT2D eigenvalue weighted by atomic mass is 32.2. The van der Waals surface area contributed by atoms with Gasteiger partial charge in [-0.3, -0.25) is 4.79 Å². The third-order valence-corrected chi connectivity index (χ3v) is 5.65. The van der Waals surface area contributed by atoms with Gasteiger partial charge in [-0.1, -0.05) is 60.3 Å². The number of furan rings is 1. The van der Waals surface area contributed by atoms with Gasteiger partial charge in [-0.15, -0.1) is 0 Å². The van der Waals surface area contributed by atoms with Gasteiger partial charge in [0.25, 0.3) is 5.91 Å². The number of carbonyl (C=O) groups excluding carboxylic acids is 1. The smallest absolute Gasteiger partial charge is 0.289 e. The maximum absolute atomic E-state index is 12.6. The zero-order chi connectivity index (χ0) is 19.4. The van der Waals surface area contributed by atoms with Crippen molar-refractivity contribution in [3.05, 3.63) is 83.1 Å². The van der Waals surface area contributed by atoms with Crippen LogP contribution in [0.5, 0.6) is 0 Å². The summed E-state index contributed by atoms with van der Waals surface area (Å²) in [5.41, 5.74) is 3.13. The average Bonchev–Trinajstić information content (AvgIpc) is 3.13. The average molecular weight is 381 g/mol. The second-order valence-electron chi connectivity index (χ2n) is 6.55. The molecule has 3 rings (SSSR count). The van der Waals surface area contributed by atoms with Crippen molar-refractivity contribution in [2.75, 3.05) is 13.6 Å². The quantitative estimate of drug-likeness (QED) is 0.663. The van der Waals surface area contributed by atoms with Gasteiger partial charge in [-0.2, -0.15) is 0 Å². The number of hydrogen-bond acceptors (Lipinski definition) is 4. The van der Waals surface area contributed by atoms with Crippen molar-refractivity contribution in [3.8, 4) is 0 Å². The molecule has 27 heavy (non-hydrogen) atoms. The van der Waals surface area contributed by atoms with Crippen LogP contribution >= 0.6 is 11.8 Å². The Balaban J connectivity index is 1.67. The van der Waals surface area contributed by atoms with Gasteiger partial charge in [-0.05, 0) is 42.7 Å². The molecule has 0 fully saturated rings. The van der Waals surface area contributed by atoms with Crippen LogP contribution in [0, 0.1) is 13.8 Å². The highest BCUT2D eigenvalue weighted by Gasteiger charge is 2.20. The summed E-state index contributed by atoms with van der Waals surface area (Å²) < 4.78 is 5.76. The number of nitrogens with zero attached hydrogens (tertiary/aromatic N) is 1. The number of rotatable bonds is 6. The number of likely N-dealkylation sites (N-methyl/N-ethyl adjacent to an activating group) is 1. The molecule has 0 radical (unpaired) electrons. The molecule has 0 saturated carbocycles. The summed E-state index contributed by atoms with van der Waals surface area (Å²) in [5.74, 6) is 0.0184. The summed E-state index contributed by atoms with van der Waals surface area (Å²) in [6.45, 7) is 4.31. The number of hydrogen-bond donors (Lipinski definition) is 1. The van der Waals surface area contributed by atoms with Crippen molar-refractivity contribution in [2.24, 2.45) is 0 Å². The predicted octanol–water partition coefficient (Wildman–Crippen LogP) is 4.85. The summed E-state index contributed by atoms with van der Waals surface area (Å²) in [6, 6.07) is 18.9. The maximum atomic E-state index is 12.6. The molecule has 1 amide bonds. The molecule has 1 N–H and O–H groups in total. The molecule has 0 bridgehead atoms. The third-order valence-electron chi connectivity index (χ3n) is 4.38. The van der Waals surface area contributed by atoms with E-state index in [-0.39, 0.29) is 18.2 Å². The van der Waals surface area contributed by atoms with E-state index < -0.39 is 6.10 Å². The SMILES string of the molecule is Cc1cccc(C)c1Sc1ccc(C(=O)N(C)CC(O)c2ccccc2)o1. The summed E-state index contributed by atoms with van der Waals surface area (Å²) in [7, 11) is 1.66. The van der Waals surface area contributed by atoms with Gasteiger partial charge < -0.3 is 14.4 Å². The fraction of sp³-hybridized carbons (Fsp3) is 0.227. The van der Waals surface area contributed by atoms with E-state index in [9.17, 15) is 9.90 Å². The van der Waals surface area contributed by atoms with Crippen LogP contribution in [0.15, 0.2) is 75.1 Å². The van der Waals surface area contributed by atoms with E-state index in [2.05, 4.69) is 26.0 Å². The lowest BCUT2D eigenvalue weighted by Gasteiger charge is -2.20. The molecule has 4 nitrogen and oxygen atoms in total. The van der Waals surface area contributed by atoms with E-state index >= 15 is 0 Å². The van der Waals surface area contributed by atoms with E-state index in [1.165, 1.54) is 27.8 Å². The molecule has 0 spiro atoms. The lowest BCUT2D eigenvalue weighted by Crippen LogP contribution is -2.30. The Morgan fingerprint density at radius 2 is 1.70 bits per heavy atom. The monoisotopic (exact) mass is 381 g/mol. The largest absolute Gasteiger partial charge is 0.444 e. The first-order valence-electron chi connectivity index (χ1n) is 8.78. The Kier molecular flexibility index (Phi) is 6.04.